The number of carboxylic acids is 1. The van der Waals surface area contributed by atoms with Crippen molar-refractivity contribution >= 4 is 17.9 Å². The topological polar surface area (TPSA) is 104 Å². The number of nitrogens with zero attached hydrogens (tertiary/aromatic N) is 2. The SMILES string of the molecule is CCCCN(CC(N)=O)C(=O)N1CCC[C@@H](C(=O)O)C1. The highest BCUT2D eigenvalue weighted by Crippen LogP contribution is 2.18. The van der Waals surface area contributed by atoms with Crippen LogP contribution < -0.4 is 5.73 Å². The summed E-state index contributed by atoms with van der Waals surface area (Å²) in [6, 6.07) is -0.289. The van der Waals surface area contributed by atoms with Gasteiger partial charge in [-0.05, 0) is 19.3 Å². The van der Waals surface area contributed by atoms with Crippen molar-refractivity contribution in [3.63, 3.8) is 0 Å². The van der Waals surface area contributed by atoms with Crippen LogP contribution in [0.4, 0.5) is 4.79 Å². The number of rotatable bonds is 6. The van der Waals surface area contributed by atoms with Crippen LogP contribution in [-0.4, -0.2) is 59.0 Å². The summed E-state index contributed by atoms with van der Waals surface area (Å²) in [6.07, 6.45) is 2.94. The summed E-state index contributed by atoms with van der Waals surface area (Å²) in [4.78, 5) is 37.4. The molecule has 20 heavy (non-hydrogen) atoms. The molecule has 0 bridgehead atoms. The first-order valence-corrected chi connectivity index (χ1v) is 7.00. The van der Waals surface area contributed by atoms with Gasteiger partial charge in [0.1, 0.15) is 6.54 Å². The lowest BCUT2D eigenvalue weighted by molar-refractivity contribution is -0.143. The highest BCUT2D eigenvalue weighted by atomic mass is 16.4. The van der Waals surface area contributed by atoms with Gasteiger partial charge in [-0.25, -0.2) is 4.79 Å². The Kier molecular flexibility index (Phi) is 6.27. The third-order valence-electron chi connectivity index (χ3n) is 3.44. The molecule has 0 aromatic rings. The van der Waals surface area contributed by atoms with Crippen LogP contribution in [0.15, 0.2) is 0 Å². The number of hydrogen-bond acceptors (Lipinski definition) is 3. The first-order valence-electron chi connectivity index (χ1n) is 7.00. The fourth-order valence-electron chi connectivity index (χ4n) is 2.33. The molecule has 1 atom stereocenters. The molecule has 0 aromatic heterocycles. The van der Waals surface area contributed by atoms with Crippen molar-refractivity contribution < 1.29 is 19.5 Å². The molecular weight excluding hydrogens is 262 g/mol. The van der Waals surface area contributed by atoms with E-state index in [9.17, 15) is 14.4 Å². The lowest BCUT2D eigenvalue weighted by Gasteiger charge is -2.34. The number of urea groups is 1. The first-order chi connectivity index (χ1) is 9.45. The van der Waals surface area contributed by atoms with E-state index in [1.54, 1.807) is 0 Å². The minimum atomic E-state index is -0.877. The van der Waals surface area contributed by atoms with Gasteiger partial charge < -0.3 is 20.6 Å². The molecule has 3 N–H and O–H groups in total. The number of primary amides is 1. The van der Waals surface area contributed by atoms with Crippen molar-refractivity contribution in [2.24, 2.45) is 11.7 Å². The smallest absolute Gasteiger partial charge is 0.320 e. The van der Waals surface area contributed by atoms with Crippen molar-refractivity contribution in [1.82, 2.24) is 9.80 Å². The Hall–Kier alpha value is -1.79. The van der Waals surface area contributed by atoms with Crippen molar-refractivity contribution in [3.05, 3.63) is 0 Å². The number of carbonyl (C=O) groups is 3. The summed E-state index contributed by atoms with van der Waals surface area (Å²) in [5, 5.41) is 9.04. The zero-order chi connectivity index (χ0) is 15.1. The summed E-state index contributed by atoms with van der Waals surface area (Å²) < 4.78 is 0. The van der Waals surface area contributed by atoms with Gasteiger partial charge >= 0.3 is 12.0 Å². The van der Waals surface area contributed by atoms with E-state index < -0.39 is 17.8 Å². The fourth-order valence-corrected chi connectivity index (χ4v) is 2.33. The maximum absolute atomic E-state index is 12.4. The number of likely N-dealkylation sites (tertiary alicyclic amines) is 1. The third-order valence-corrected chi connectivity index (χ3v) is 3.44. The molecule has 1 aliphatic heterocycles. The van der Waals surface area contributed by atoms with Gasteiger partial charge in [0.2, 0.25) is 5.91 Å². The second-order valence-electron chi connectivity index (χ2n) is 5.15. The Morgan fingerprint density at radius 1 is 1.40 bits per heavy atom. The number of unbranched alkanes of at least 4 members (excludes halogenated alkanes) is 1. The van der Waals surface area contributed by atoms with Crippen LogP contribution in [0.2, 0.25) is 0 Å². The number of nitrogens with two attached hydrogens (primary N) is 1. The molecule has 0 unspecified atom stereocenters. The predicted molar refractivity (Wildman–Crippen MR) is 73.0 cm³/mol. The highest BCUT2D eigenvalue weighted by molar-refractivity contribution is 5.83. The first kappa shape index (κ1) is 16.3. The highest BCUT2D eigenvalue weighted by Gasteiger charge is 2.30. The number of amides is 3. The average molecular weight is 285 g/mol. The second kappa shape index (κ2) is 7.72. The zero-order valence-corrected chi connectivity index (χ0v) is 11.9. The van der Waals surface area contributed by atoms with E-state index >= 15 is 0 Å². The normalized spacial score (nSPS) is 18.6. The van der Waals surface area contributed by atoms with Crippen LogP contribution in [0.1, 0.15) is 32.6 Å². The maximum Gasteiger partial charge on any atom is 0.320 e. The summed E-state index contributed by atoms with van der Waals surface area (Å²) in [6.45, 7) is 3.08. The largest absolute Gasteiger partial charge is 0.481 e. The van der Waals surface area contributed by atoms with Gasteiger partial charge in [0.05, 0.1) is 5.92 Å². The van der Waals surface area contributed by atoms with Crippen LogP contribution in [0.3, 0.4) is 0 Å². The van der Waals surface area contributed by atoms with E-state index in [1.807, 2.05) is 6.92 Å². The zero-order valence-electron chi connectivity index (χ0n) is 11.9. The number of carboxylic acid groups (broad SMARTS) is 1. The van der Waals surface area contributed by atoms with E-state index in [2.05, 4.69) is 0 Å². The van der Waals surface area contributed by atoms with Gasteiger partial charge in [-0.2, -0.15) is 0 Å². The van der Waals surface area contributed by atoms with Gasteiger partial charge in [0.25, 0.3) is 0 Å². The van der Waals surface area contributed by atoms with Crippen LogP contribution in [0.5, 0.6) is 0 Å². The molecule has 1 saturated heterocycles. The summed E-state index contributed by atoms with van der Waals surface area (Å²) in [5.41, 5.74) is 5.16. The average Bonchev–Trinajstić information content (AvgIpc) is 2.42. The molecule has 0 saturated carbocycles. The molecule has 114 valence electrons. The van der Waals surface area contributed by atoms with Gasteiger partial charge in [-0.15, -0.1) is 0 Å². The maximum atomic E-state index is 12.4. The van der Waals surface area contributed by atoms with Gasteiger partial charge in [0, 0.05) is 19.6 Å². The van der Waals surface area contributed by atoms with Crippen molar-refractivity contribution in [2.45, 2.75) is 32.6 Å². The van der Waals surface area contributed by atoms with Crippen LogP contribution >= 0.6 is 0 Å². The molecule has 1 rings (SSSR count). The quantitative estimate of drug-likeness (QED) is 0.741. The standard InChI is InChI=1S/C13H23N3O4/c1-2-3-6-16(9-11(14)17)13(20)15-7-4-5-10(8-15)12(18)19/h10H,2-9H2,1H3,(H2,14,17)(H,18,19)/t10-/m1/s1. The summed E-state index contributed by atoms with van der Waals surface area (Å²) in [7, 11) is 0. The molecule has 0 radical (unpaired) electrons. The van der Waals surface area contributed by atoms with Crippen molar-refractivity contribution in [3.8, 4) is 0 Å². The fraction of sp³-hybridized carbons (Fsp3) is 0.769. The van der Waals surface area contributed by atoms with Crippen molar-refractivity contribution in [1.29, 1.82) is 0 Å². The lowest BCUT2D eigenvalue weighted by atomic mass is 9.98. The van der Waals surface area contributed by atoms with Gasteiger partial charge in [0.15, 0.2) is 0 Å². The Balaban J connectivity index is 2.67. The molecule has 7 nitrogen and oxygen atoms in total. The molecule has 1 fully saturated rings. The van der Waals surface area contributed by atoms with Gasteiger partial charge in [-0.1, -0.05) is 13.3 Å². The Morgan fingerprint density at radius 3 is 2.65 bits per heavy atom. The van der Waals surface area contributed by atoms with Crippen LogP contribution in [0.25, 0.3) is 0 Å². The van der Waals surface area contributed by atoms with E-state index in [0.29, 0.717) is 25.9 Å². The van der Waals surface area contributed by atoms with E-state index in [4.69, 9.17) is 10.8 Å². The molecule has 0 aromatic carbocycles. The minimum absolute atomic E-state index is 0.118. The van der Waals surface area contributed by atoms with Crippen LogP contribution in [0, 0.1) is 5.92 Å². The third kappa shape index (κ3) is 4.71. The predicted octanol–water partition coefficient (Wildman–Crippen LogP) is 0.490. The Bertz CT molecular complexity index is 373. The number of aliphatic carboxylic acids is 1. The molecular formula is C13H23N3O4. The molecule has 7 heteroatoms. The van der Waals surface area contributed by atoms with E-state index in [0.717, 1.165) is 12.8 Å². The molecule has 1 heterocycles. The number of piperidine rings is 1. The summed E-state index contributed by atoms with van der Waals surface area (Å²) >= 11 is 0. The van der Waals surface area contributed by atoms with Crippen molar-refractivity contribution in [2.75, 3.05) is 26.2 Å². The number of carbonyl (C=O) groups excluding carboxylic acids is 2. The van der Waals surface area contributed by atoms with Crippen LogP contribution in [-0.2, 0) is 9.59 Å². The lowest BCUT2D eigenvalue weighted by Crippen LogP contribution is -2.51. The minimum Gasteiger partial charge on any atom is -0.481 e. The Morgan fingerprint density at radius 2 is 2.10 bits per heavy atom. The van der Waals surface area contributed by atoms with Gasteiger partial charge in [-0.3, -0.25) is 9.59 Å². The summed E-state index contributed by atoms with van der Waals surface area (Å²) in [5.74, 6) is -1.95. The van der Waals surface area contributed by atoms with E-state index in [-0.39, 0.29) is 19.1 Å². The monoisotopic (exact) mass is 285 g/mol. The molecule has 3 amide bonds. The number of hydrogen-bond donors (Lipinski definition) is 2. The Labute approximate surface area is 118 Å². The second-order valence-corrected chi connectivity index (χ2v) is 5.15. The molecule has 0 spiro atoms. The molecule has 0 aliphatic carbocycles. The van der Waals surface area contributed by atoms with E-state index in [1.165, 1.54) is 9.80 Å². The molecule has 1 aliphatic rings.